The van der Waals surface area contributed by atoms with Gasteiger partial charge in [0.05, 0.1) is 17.4 Å². The van der Waals surface area contributed by atoms with E-state index in [-0.39, 0.29) is 0 Å². The van der Waals surface area contributed by atoms with E-state index in [0.29, 0.717) is 12.1 Å². The van der Waals surface area contributed by atoms with E-state index in [2.05, 4.69) is 31.0 Å². The topological polar surface area (TPSA) is 60.9 Å². The maximum Gasteiger partial charge on any atom is 0.249 e. The van der Waals surface area contributed by atoms with Crippen LogP contribution in [0.2, 0.25) is 0 Å². The van der Waals surface area contributed by atoms with E-state index in [1.165, 1.54) is 11.1 Å². The molecule has 2 aromatic carbocycles. The summed E-state index contributed by atoms with van der Waals surface area (Å²) in [7, 11) is 0. The summed E-state index contributed by atoms with van der Waals surface area (Å²) in [6, 6.07) is 11.6. The number of aromatic nitrogens is 2. The molecule has 1 aromatic heterocycles. The average Bonchev–Trinajstić information content (AvgIpc) is 2.82. The van der Waals surface area contributed by atoms with Gasteiger partial charge in [0.25, 0.3) is 0 Å². The molecule has 3 aromatic rings. The van der Waals surface area contributed by atoms with Crippen LogP contribution in [0.15, 0.2) is 42.7 Å². The van der Waals surface area contributed by atoms with Crippen LogP contribution in [-0.4, -0.2) is 15.5 Å². The number of hydrogen-bond donors (Lipinski definition) is 1. The molecule has 3 rings (SSSR count). The fraction of sp³-hybridized carbons (Fsp3) is 0.176. The first-order valence-electron chi connectivity index (χ1n) is 6.86. The van der Waals surface area contributed by atoms with E-state index in [1.54, 1.807) is 12.4 Å². The van der Waals surface area contributed by atoms with E-state index < -0.39 is 5.91 Å². The van der Waals surface area contributed by atoms with Gasteiger partial charge in [-0.2, -0.15) is 0 Å². The number of nitrogens with zero attached hydrogens (tertiary/aromatic N) is 2. The minimum Gasteiger partial charge on any atom is -0.366 e. The molecule has 4 nitrogen and oxygen atoms in total. The highest BCUT2D eigenvalue weighted by atomic mass is 16.1. The van der Waals surface area contributed by atoms with Gasteiger partial charge in [0.2, 0.25) is 5.91 Å². The SMILES string of the molecule is Cc1cc2ncn(Cc3ccccc3C(N)=O)c2cc1C. The van der Waals surface area contributed by atoms with Crippen molar-refractivity contribution >= 4 is 16.9 Å². The lowest BCUT2D eigenvalue weighted by molar-refractivity contribution is 0.0999. The molecular weight excluding hydrogens is 262 g/mol. The number of hydrogen-bond acceptors (Lipinski definition) is 2. The predicted molar refractivity (Wildman–Crippen MR) is 83.3 cm³/mol. The highest BCUT2D eigenvalue weighted by molar-refractivity contribution is 5.94. The Balaban J connectivity index is 2.07. The molecule has 0 saturated heterocycles. The Morgan fingerprint density at radius 3 is 2.67 bits per heavy atom. The Kier molecular flexibility index (Phi) is 3.22. The Labute approximate surface area is 123 Å². The van der Waals surface area contributed by atoms with Gasteiger partial charge in [-0.1, -0.05) is 18.2 Å². The van der Waals surface area contributed by atoms with E-state index in [4.69, 9.17) is 5.73 Å². The number of rotatable bonds is 3. The number of fused-ring (bicyclic) bond motifs is 1. The summed E-state index contributed by atoms with van der Waals surface area (Å²) < 4.78 is 2.05. The van der Waals surface area contributed by atoms with Crippen LogP contribution in [0.5, 0.6) is 0 Å². The van der Waals surface area contributed by atoms with Crippen molar-refractivity contribution in [3.05, 3.63) is 65.0 Å². The number of primary amides is 1. The standard InChI is InChI=1S/C17H17N3O/c1-11-7-15-16(8-12(11)2)20(10-19-15)9-13-5-3-4-6-14(13)17(18)21/h3-8,10H,9H2,1-2H3,(H2,18,21). The molecule has 106 valence electrons. The van der Waals surface area contributed by atoms with Crippen molar-refractivity contribution in [3.8, 4) is 0 Å². The lowest BCUT2D eigenvalue weighted by Crippen LogP contribution is -2.15. The second-order valence-corrected chi connectivity index (χ2v) is 5.32. The van der Waals surface area contributed by atoms with Crippen LogP contribution < -0.4 is 5.73 Å². The zero-order valence-electron chi connectivity index (χ0n) is 12.1. The van der Waals surface area contributed by atoms with E-state index in [0.717, 1.165) is 16.6 Å². The fourth-order valence-electron chi connectivity index (χ4n) is 2.52. The molecule has 1 heterocycles. The van der Waals surface area contributed by atoms with Gasteiger partial charge in [-0.15, -0.1) is 0 Å². The summed E-state index contributed by atoms with van der Waals surface area (Å²) in [4.78, 5) is 15.9. The summed E-state index contributed by atoms with van der Waals surface area (Å²) in [6.45, 7) is 4.75. The molecule has 0 bridgehead atoms. The lowest BCUT2D eigenvalue weighted by atomic mass is 10.1. The molecule has 0 saturated carbocycles. The third-order valence-electron chi connectivity index (χ3n) is 3.86. The quantitative estimate of drug-likeness (QED) is 0.801. The van der Waals surface area contributed by atoms with Crippen LogP contribution in [0.3, 0.4) is 0 Å². The first kappa shape index (κ1) is 13.4. The van der Waals surface area contributed by atoms with Crippen molar-refractivity contribution in [2.75, 3.05) is 0 Å². The molecule has 21 heavy (non-hydrogen) atoms. The van der Waals surface area contributed by atoms with Crippen molar-refractivity contribution in [1.29, 1.82) is 0 Å². The fourth-order valence-corrected chi connectivity index (χ4v) is 2.52. The van der Waals surface area contributed by atoms with Gasteiger partial charge in [0.1, 0.15) is 0 Å². The molecule has 0 aliphatic heterocycles. The number of amides is 1. The van der Waals surface area contributed by atoms with Crippen LogP contribution in [0.1, 0.15) is 27.0 Å². The molecule has 1 amide bonds. The number of aryl methyl sites for hydroxylation is 2. The monoisotopic (exact) mass is 279 g/mol. The zero-order valence-corrected chi connectivity index (χ0v) is 12.1. The minimum absolute atomic E-state index is 0.401. The molecule has 0 fully saturated rings. The molecule has 0 aliphatic carbocycles. The highest BCUT2D eigenvalue weighted by Gasteiger charge is 2.10. The molecule has 0 aliphatic rings. The molecular formula is C17H17N3O. The van der Waals surface area contributed by atoms with Crippen LogP contribution in [0, 0.1) is 13.8 Å². The Bertz CT molecular complexity index is 833. The Hall–Kier alpha value is -2.62. The molecule has 0 unspecified atom stereocenters. The van der Waals surface area contributed by atoms with Crippen LogP contribution in [-0.2, 0) is 6.54 Å². The minimum atomic E-state index is -0.401. The smallest absolute Gasteiger partial charge is 0.249 e. The number of benzene rings is 2. The van der Waals surface area contributed by atoms with Crippen molar-refractivity contribution in [2.45, 2.75) is 20.4 Å². The van der Waals surface area contributed by atoms with Gasteiger partial charge in [-0.3, -0.25) is 4.79 Å². The van der Waals surface area contributed by atoms with Gasteiger partial charge >= 0.3 is 0 Å². The first-order valence-corrected chi connectivity index (χ1v) is 6.86. The number of imidazole rings is 1. The summed E-state index contributed by atoms with van der Waals surface area (Å²) in [5, 5.41) is 0. The largest absolute Gasteiger partial charge is 0.366 e. The number of carbonyl (C=O) groups excluding carboxylic acids is 1. The summed E-state index contributed by atoms with van der Waals surface area (Å²) in [5.41, 5.74) is 11.4. The molecule has 0 atom stereocenters. The van der Waals surface area contributed by atoms with Crippen molar-refractivity contribution < 1.29 is 4.79 Å². The first-order chi connectivity index (χ1) is 10.1. The number of nitrogens with two attached hydrogens (primary N) is 1. The van der Waals surface area contributed by atoms with E-state index in [9.17, 15) is 4.79 Å². The summed E-state index contributed by atoms with van der Waals surface area (Å²) >= 11 is 0. The van der Waals surface area contributed by atoms with Gasteiger partial charge in [0, 0.05) is 12.1 Å². The van der Waals surface area contributed by atoms with E-state index >= 15 is 0 Å². The van der Waals surface area contributed by atoms with Crippen LogP contribution in [0.4, 0.5) is 0 Å². The Morgan fingerprint density at radius 1 is 1.19 bits per heavy atom. The van der Waals surface area contributed by atoms with Crippen molar-refractivity contribution in [2.24, 2.45) is 5.73 Å². The van der Waals surface area contributed by atoms with Gasteiger partial charge in [-0.05, 0) is 48.7 Å². The highest BCUT2D eigenvalue weighted by Crippen LogP contribution is 2.20. The summed E-state index contributed by atoms with van der Waals surface area (Å²) in [6.07, 6.45) is 1.81. The van der Waals surface area contributed by atoms with Gasteiger partial charge in [0.15, 0.2) is 0 Å². The molecule has 0 spiro atoms. The average molecular weight is 279 g/mol. The second kappa shape index (κ2) is 5.05. The summed E-state index contributed by atoms with van der Waals surface area (Å²) in [5.74, 6) is -0.401. The van der Waals surface area contributed by atoms with Crippen molar-refractivity contribution in [1.82, 2.24) is 9.55 Å². The molecule has 2 N–H and O–H groups in total. The second-order valence-electron chi connectivity index (χ2n) is 5.32. The number of carbonyl (C=O) groups is 1. The predicted octanol–water partition coefficient (Wildman–Crippen LogP) is 2.80. The zero-order chi connectivity index (χ0) is 15.0. The Morgan fingerprint density at radius 2 is 1.90 bits per heavy atom. The van der Waals surface area contributed by atoms with Gasteiger partial charge < -0.3 is 10.3 Å². The molecule has 0 radical (unpaired) electrons. The third-order valence-corrected chi connectivity index (χ3v) is 3.86. The van der Waals surface area contributed by atoms with Crippen molar-refractivity contribution in [3.63, 3.8) is 0 Å². The lowest BCUT2D eigenvalue weighted by Gasteiger charge is -2.09. The molecule has 4 heteroatoms. The van der Waals surface area contributed by atoms with Gasteiger partial charge in [-0.25, -0.2) is 4.98 Å². The van der Waals surface area contributed by atoms with E-state index in [1.807, 2.05) is 22.8 Å². The normalized spacial score (nSPS) is 11.0. The van der Waals surface area contributed by atoms with Crippen LogP contribution >= 0.6 is 0 Å². The maximum atomic E-state index is 11.5. The third kappa shape index (κ3) is 2.40. The van der Waals surface area contributed by atoms with Crippen LogP contribution in [0.25, 0.3) is 11.0 Å². The maximum absolute atomic E-state index is 11.5.